The molecule has 1 aromatic carbocycles. The fraction of sp³-hybridized carbons (Fsp3) is 0.571. The Kier molecular flexibility index (Phi) is 4.59. The molecule has 5 nitrogen and oxygen atoms in total. The van der Waals surface area contributed by atoms with Crippen LogP contribution in [0.5, 0.6) is 5.75 Å². The summed E-state index contributed by atoms with van der Waals surface area (Å²) in [5, 5.41) is 9.70. The molecule has 0 radical (unpaired) electrons. The van der Waals surface area contributed by atoms with E-state index in [1.54, 1.807) is 12.3 Å². The van der Waals surface area contributed by atoms with E-state index in [4.69, 9.17) is 4.74 Å². The van der Waals surface area contributed by atoms with Crippen LogP contribution in [-0.4, -0.2) is 22.2 Å². The maximum atomic E-state index is 12.9. The van der Waals surface area contributed by atoms with Crippen LogP contribution in [0.1, 0.15) is 104 Å². The van der Waals surface area contributed by atoms with Crippen molar-refractivity contribution >= 4 is 5.97 Å². The lowest BCUT2D eigenvalue weighted by atomic mass is 9.72. The molecule has 6 rings (SSSR count). The van der Waals surface area contributed by atoms with Crippen molar-refractivity contribution in [3.05, 3.63) is 50.8 Å². The van der Waals surface area contributed by atoms with Crippen LogP contribution in [0.25, 0.3) is 11.3 Å². The lowest BCUT2D eigenvalue weighted by Crippen LogP contribution is -2.34. The second-order valence-corrected chi connectivity index (χ2v) is 11.5. The fourth-order valence-corrected chi connectivity index (χ4v) is 7.76. The molecule has 4 aliphatic rings. The number of fused-ring (bicyclic) bond motifs is 8. The number of rotatable bonds is 2. The Labute approximate surface area is 194 Å². The quantitative estimate of drug-likeness (QED) is 0.622. The smallest absolute Gasteiger partial charge is 0.341 e. The molecule has 2 fully saturated rings. The zero-order valence-electron chi connectivity index (χ0n) is 19.8. The third kappa shape index (κ3) is 2.97. The first-order chi connectivity index (χ1) is 15.8. The second-order valence-electron chi connectivity index (χ2n) is 11.5. The van der Waals surface area contributed by atoms with E-state index in [2.05, 4.69) is 31.4 Å². The van der Waals surface area contributed by atoms with Crippen molar-refractivity contribution in [3.63, 3.8) is 0 Å². The molecule has 0 amide bonds. The summed E-state index contributed by atoms with van der Waals surface area (Å²) in [6, 6.07) is 4.03. The Morgan fingerprint density at radius 2 is 1.94 bits per heavy atom. The lowest BCUT2D eigenvalue weighted by Gasteiger charge is -2.42. The topological polar surface area (TPSA) is 68.5 Å². The molecule has 33 heavy (non-hydrogen) atoms. The molecule has 2 aromatic rings. The van der Waals surface area contributed by atoms with Crippen molar-refractivity contribution in [2.24, 2.45) is 11.3 Å². The molecule has 2 aliphatic heterocycles. The number of carbonyl (C=O) groups is 1. The van der Waals surface area contributed by atoms with Gasteiger partial charge in [0.1, 0.15) is 11.3 Å². The van der Waals surface area contributed by atoms with E-state index in [-0.39, 0.29) is 17.0 Å². The minimum absolute atomic E-state index is 0.00606. The van der Waals surface area contributed by atoms with Gasteiger partial charge in [0.05, 0.1) is 12.3 Å². The van der Waals surface area contributed by atoms with E-state index >= 15 is 0 Å². The number of aromatic carboxylic acids is 1. The minimum atomic E-state index is -1.15. The molecule has 0 saturated heterocycles. The van der Waals surface area contributed by atoms with Gasteiger partial charge in [0, 0.05) is 29.8 Å². The van der Waals surface area contributed by atoms with Crippen LogP contribution >= 0.6 is 0 Å². The average Bonchev–Trinajstić information content (AvgIpc) is 3.38. The number of hydrogen-bond acceptors (Lipinski definition) is 3. The van der Waals surface area contributed by atoms with Crippen LogP contribution in [0.4, 0.5) is 0 Å². The third-order valence-electron chi connectivity index (χ3n) is 8.88. The lowest BCUT2D eigenvalue weighted by molar-refractivity contribution is 0.0693. The van der Waals surface area contributed by atoms with Gasteiger partial charge in [0.25, 0.3) is 0 Å². The highest BCUT2D eigenvalue weighted by Gasteiger charge is 2.52. The number of carboxylic acid groups (broad SMARTS) is 1. The number of benzene rings is 1. The second kappa shape index (κ2) is 7.22. The Morgan fingerprint density at radius 3 is 2.67 bits per heavy atom. The Morgan fingerprint density at radius 1 is 1.18 bits per heavy atom. The van der Waals surface area contributed by atoms with E-state index in [0.29, 0.717) is 17.8 Å². The molecule has 3 atom stereocenters. The molecule has 2 saturated carbocycles. The maximum Gasteiger partial charge on any atom is 0.341 e. The number of nitrogens with zero attached hydrogens (tertiary/aromatic N) is 1. The zero-order valence-corrected chi connectivity index (χ0v) is 19.8. The van der Waals surface area contributed by atoms with E-state index in [1.165, 1.54) is 42.4 Å². The van der Waals surface area contributed by atoms with Crippen LogP contribution in [0, 0.1) is 11.3 Å². The highest BCUT2D eigenvalue weighted by Crippen LogP contribution is 2.63. The van der Waals surface area contributed by atoms with Crippen LogP contribution in [0.3, 0.4) is 0 Å². The zero-order chi connectivity index (χ0) is 23.1. The predicted octanol–water partition coefficient (Wildman–Crippen LogP) is 5.90. The summed E-state index contributed by atoms with van der Waals surface area (Å²) in [7, 11) is 0. The first-order valence-electron chi connectivity index (χ1n) is 12.6. The van der Waals surface area contributed by atoms with Crippen molar-refractivity contribution in [1.29, 1.82) is 0 Å². The van der Waals surface area contributed by atoms with Crippen LogP contribution < -0.4 is 10.2 Å². The summed E-state index contributed by atoms with van der Waals surface area (Å²) in [5.74, 6) is 1.25. The molecule has 0 bridgehead atoms. The van der Waals surface area contributed by atoms with Crippen molar-refractivity contribution in [2.75, 3.05) is 6.61 Å². The van der Waals surface area contributed by atoms with Gasteiger partial charge in [-0.25, -0.2) is 4.79 Å². The molecule has 1 aromatic heterocycles. The summed E-state index contributed by atoms with van der Waals surface area (Å²) in [6.07, 6.45) is 9.62. The van der Waals surface area contributed by atoms with Gasteiger partial charge in [0.2, 0.25) is 0 Å². The molecule has 0 spiro atoms. The average molecular weight is 448 g/mol. The highest BCUT2D eigenvalue weighted by atomic mass is 16.5. The van der Waals surface area contributed by atoms with Gasteiger partial charge in [-0.2, -0.15) is 0 Å². The molecule has 1 unspecified atom stereocenters. The number of aromatic nitrogens is 1. The van der Waals surface area contributed by atoms with Gasteiger partial charge < -0.3 is 14.4 Å². The number of pyridine rings is 1. The van der Waals surface area contributed by atoms with Crippen molar-refractivity contribution in [1.82, 2.24) is 4.57 Å². The number of hydrogen-bond donors (Lipinski definition) is 1. The van der Waals surface area contributed by atoms with E-state index < -0.39 is 11.4 Å². The van der Waals surface area contributed by atoms with Gasteiger partial charge in [-0.1, -0.05) is 33.6 Å². The molecular formula is C28H33NO4. The first kappa shape index (κ1) is 21.0. The van der Waals surface area contributed by atoms with Gasteiger partial charge in [0.15, 0.2) is 5.43 Å². The molecule has 2 aliphatic carbocycles. The third-order valence-corrected chi connectivity index (χ3v) is 8.88. The predicted molar refractivity (Wildman–Crippen MR) is 127 cm³/mol. The first-order valence-corrected chi connectivity index (χ1v) is 12.6. The molecule has 5 heteroatoms. The maximum absolute atomic E-state index is 12.9. The standard InChI is InChI=1S/C28H33NO4/c1-15-13-28(2,3)26-23(15)24-17-9-6-10-33-25(17)18(16-7-4-5-8-16)11-19(24)21-12-22(30)20(27(31)32)14-29(21)26/h11-12,14-16,23,26H,4-10,13H2,1-3H3,(H,31,32)/t15?,23-,26+/m1/s1. The summed E-state index contributed by atoms with van der Waals surface area (Å²) in [5.41, 5.74) is 5.53. The van der Waals surface area contributed by atoms with Gasteiger partial charge in [-0.3, -0.25) is 4.79 Å². The Balaban J connectivity index is 1.69. The van der Waals surface area contributed by atoms with Gasteiger partial charge >= 0.3 is 5.97 Å². The van der Waals surface area contributed by atoms with Crippen LogP contribution in [0.2, 0.25) is 0 Å². The Hall–Kier alpha value is -2.56. The number of ether oxygens (including phenoxy) is 1. The molecular weight excluding hydrogens is 414 g/mol. The Bertz CT molecular complexity index is 1220. The molecule has 1 N–H and O–H groups in total. The highest BCUT2D eigenvalue weighted by molar-refractivity contribution is 5.88. The van der Waals surface area contributed by atoms with E-state index in [1.807, 2.05) is 0 Å². The summed E-state index contributed by atoms with van der Waals surface area (Å²) < 4.78 is 8.53. The van der Waals surface area contributed by atoms with E-state index in [9.17, 15) is 14.7 Å². The molecule has 3 heterocycles. The monoisotopic (exact) mass is 447 g/mol. The summed E-state index contributed by atoms with van der Waals surface area (Å²) in [4.78, 5) is 24.7. The SMILES string of the molecule is CC1CC(C)(C)[C@@H]2[C@H]1c1c(cc(C3CCCC3)c3c1CCCO3)-c1cc(=O)c(C(=O)O)cn12. The normalized spacial score (nSPS) is 27.3. The summed E-state index contributed by atoms with van der Waals surface area (Å²) >= 11 is 0. The largest absolute Gasteiger partial charge is 0.493 e. The van der Waals surface area contributed by atoms with Crippen LogP contribution in [-0.2, 0) is 6.42 Å². The van der Waals surface area contributed by atoms with Crippen LogP contribution in [0.15, 0.2) is 23.1 Å². The number of carboxylic acids is 1. The minimum Gasteiger partial charge on any atom is -0.493 e. The summed E-state index contributed by atoms with van der Waals surface area (Å²) in [6.45, 7) is 7.69. The fourth-order valence-electron chi connectivity index (χ4n) is 7.76. The van der Waals surface area contributed by atoms with E-state index in [0.717, 1.165) is 42.9 Å². The van der Waals surface area contributed by atoms with Gasteiger partial charge in [-0.05, 0) is 72.1 Å². The molecule has 174 valence electrons. The van der Waals surface area contributed by atoms with Crippen molar-refractivity contribution < 1.29 is 14.6 Å². The van der Waals surface area contributed by atoms with Crippen molar-refractivity contribution in [2.45, 2.75) is 83.6 Å². The van der Waals surface area contributed by atoms with Crippen molar-refractivity contribution in [3.8, 4) is 17.0 Å². The van der Waals surface area contributed by atoms with Gasteiger partial charge in [-0.15, -0.1) is 0 Å².